The Kier molecular flexibility index (Phi) is 6.29. The number of carbonyl (C=O) groups excluding carboxylic acids is 1. The maximum Gasteiger partial charge on any atom is 0.265 e. The van der Waals surface area contributed by atoms with Crippen LogP contribution >= 0.6 is 11.3 Å². The third kappa shape index (κ3) is 4.63. The molecule has 30 heavy (non-hydrogen) atoms. The highest BCUT2D eigenvalue weighted by atomic mass is 32.1. The minimum absolute atomic E-state index is 0.143. The highest BCUT2D eigenvalue weighted by molar-refractivity contribution is 7.17. The average Bonchev–Trinajstić information content (AvgIpc) is 3.24. The molecule has 0 saturated carbocycles. The van der Waals surface area contributed by atoms with E-state index in [1.807, 2.05) is 0 Å². The van der Waals surface area contributed by atoms with E-state index < -0.39 is 17.5 Å². The first kappa shape index (κ1) is 20.4. The van der Waals surface area contributed by atoms with Gasteiger partial charge in [0.05, 0.1) is 23.2 Å². The number of rotatable bonds is 6. The van der Waals surface area contributed by atoms with Crippen molar-refractivity contribution in [2.75, 3.05) is 25.0 Å². The number of nitrogens with one attached hydrogen (secondary N) is 2. The van der Waals surface area contributed by atoms with Gasteiger partial charge in [-0.15, -0.1) is 11.3 Å². The number of aromatic nitrogens is 2. The molecule has 2 N–H and O–H groups in total. The Labute approximate surface area is 176 Å². The van der Waals surface area contributed by atoms with Gasteiger partial charge in [0, 0.05) is 4.88 Å². The van der Waals surface area contributed by atoms with Gasteiger partial charge in [-0.2, -0.15) is 4.98 Å². The highest BCUT2D eigenvalue weighted by Crippen LogP contribution is 2.33. The first-order valence-corrected chi connectivity index (χ1v) is 10.4. The molecule has 0 spiro atoms. The van der Waals surface area contributed by atoms with Gasteiger partial charge in [0.2, 0.25) is 5.88 Å². The number of amides is 1. The molecular formula is C21H20F2N4O2S. The van der Waals surface area contributed by atoms with E-state index in [0.29, 0.717) is 33.8 Å². The molecule has 1 aromatic carbocycles. The summed E-state index contributed by atoms with van der Waals surface area (Å²) >= 11 is 1.00. The van der Waals surface area contributed by atoms with Crippen LogP contribution in [0.15, 0.2) is 42.9 Å². The van der Waals surface area contributed by atoms with E-state index >= 15 is 0 Å². The third-order valence-electron chi connectivity index (χ3n) is 4.88. The van der Waals surface area contributed by atoms with Gasteiger partial charge in [-0.05, 0) is 56.1 Å². The van der Waals surface area contributed by atoms with Crippen molar-refractivity contribution in [1.82, 2.24) is 15.3 Å². The van der Waals surface area contributed by atoms with Gasteiger partial charge in [0.15, 0.2) is 0 Å². The molecule has 1 fully saturated rings. The second-order valence-electron chi connectivity index (χ2n) is 6.96. The van der Waals surface area contributed by atoms with Gasteiger partial charge in [-0.1, -0.05) is 6.07 Å². The third-order valence-corrected chi connectivity index (χ3v) is 5.98. The fraction of sp³-hybridized carbons (Fsp3) is 0.286. The Morgan fingerprint density at radius 2 is 1.97 bits per heavy atom. The van der Waals surface area contributed by atoms with Crippen LogP contribution in [-0.4, -0.2) is 35.6 Å². The molecule has 2 aromatic heterocycles. The molecule has 0 atom stereocenters. The van der Waals surface area contributed by atoms with Crippen molar-refractivity contribution >= 4 is 22.9 Å². The number of nitrogens with zero attached hydrogens (tertiary/aromatic N) is 2. The second-order valence-corrected chi connectivity index (χ2v) is 8.04. The molecule has 4 rings (SSSR count). The average molecular weight is 430 g/mol. The summed E-state index contributed by atoms with van der Waals surface area (Å²) in [5, 5.41) is 6.04. The normalized spacial score (nSPS) is 14.5. The number of ether oxygens (including phenoxy) is 1. The quantitative estimate of drug-likeness (QED) is 0.616. The number of hydrogen-bond donors (Lipinski definition) is 2. The zero-order valence-electron chi connectivity index (χ0n) is 16.0. The lowest BCUT2D eigenvalue weighted by Gasteiger charge is -2.22. The maximum atomic E-state index is 14.0. The SMILES string of the molecule is O=C(Nc1cncnc1OCC1CCNCC1)c1ccc(-c2c(F)cccc2F)s1. The first-order chi connectivity index (χ1) is 14.6. The molecule has 0 radical (unpaired) electrons. The molecular weight excluding hydrogens is 410 g/mol. The zero-order chi connectivity index (χ0) is 20.9. The van der Waals surface area contributed by atoms with Crippen molar-refractivity contribution in [2.24, 2.45) is 5.92 Å². The smallest absolute Gasteiger partial charge is 0.265 e. The minimum atomic E-state index is -0.672. The van der Waals surface area contributed by atoms with E-state index in [9.17, 15) is 13.6 Å². The molecule has 3 heterocycles. The topological polar surface area (TPSA) is 76.1 Å². The molecule has 1 saturated heterocycles. The summed E-state index contributed by atoms with van der Waals surface area (Å²) in [5.41, 5.74) is 0.207. The fourth-order valence-electron chi connectivity index (χ4n) is 3.28. The number of anilines is 1. The Bertz CT molecular complexity index is 1020. The predicted molar refractivity (Wildman–Crippen MR) is 111 cm³/mol. The Balaban J connectivity index is 1.46. The summed E-state index contributed by atoms with van der Waals surface area (Å²) < 4.78 is 33.9. The van der Waals surface area contributed by atoms with E-state index in [4.69, 9.17) is 4.74 Å². The van der Waals surface area contributed by atoms with Crippen LogP contribution in [-0.2, 0) is 0 Å². The van der Waals surface area contributed by atoms with Gasteiger partial charge in [-0.3, -0.25) is 4.79 Å². The lowest BCUT2D eigenvalue weighted by Crippen LogP contribution is -2.30. The van der Waals surface area contributed by atoms with Gasteiger partial charge < -0.3 is 15.4 Å². The summed E-state index contributed by atoms with van der Waals surface area (Å²) in [7, 11) is 0. The molecule has 0 bridgehead atoms. The fourth-order valence-corrected chi connectivity index (χ4v) is 4.23. The van der Waals surface area contributed by atoms with Crippen LogP contribution in [0.1, 0.15) is 22.5 Å². The number of piperidine rings is 1. The number of hydrogen-bond acceptors (Lipinski definition) is 6. The lowest BCUT2D eigenvalue weighted by molar-refractivity contribution is 0.102. The summed E-state index contributed by atoms with van der Waals surface area (Å²) in [6.07, 6.45) is 4.88. The Morgan fingerprint density at radius 1 is 1.20 bits per heavy atom. The number of benzene rings is 1. The molecule has 6 nitrogen and oxygen atoms in total. The second kappa shape index (κ2) is 9.27. The maximum absolute atomic E-state index is 14.0. The van der Waals surface area contributed by atoms with Gasteiger partial charge in [0.25, 0.3) is 5.91 Å². The molecule has 1 amide bonds. The van der Waals surface area contributed by atoms with E-state index in [2.05, 4.69) is 20.6 Å². The van der Waals surface area contributed by atoms with E-state index in [-0.39, 0.29) is 5.56 Å². The van der Waals surface area contributed by atoms with Gasteiger partial charge in [0.1, 0.15) is 23.6 Å². The first-order valence-electron chi connectivity index (χ1n) is 9.61. The standard InChI is InChI=1S/C21H20F2N4O2S/c22-14-2-1-3-15(23)19(14)17-4-5-18(30-17)20(28)27-16-10-25-12-26-21(16)29-11-13-6-8-24-9-7-13/h1-5,10,12-13,24H,6-9,11H2,(H,27,28). The molecule has 0 aliphatic carbocycles. The monoisotopic (exact) mass is 430 g/mol. The van der Waals surface area contributed by atoms with Crippen LogP contribution in [0.3, 0.4) is 0 Å². The molecule has 1 aliphatic rings. The van der Waals surface area contributed by atoms with Gasteiger partial charge >= 0.3 is 0 Å². The van der Waals surface area contributed by atoms with E-state index in [1.165, 1.54) is 42.9 Å². The molecule has 0 unspecified atom stereocenters. The van der Waals surface area contributed by atoms with Crippen LogP contribution in [0.4, 0.5) is 14.5 Å². The van der Waals surface area contributed by atoms with Crippen molar-refractivity contribution in [2.45, 2.75) is 12.8 Å². The lowest BCUT2D eigenvalue weighted by atomic mass is 9.99. The number of thiophene rings is 1. The Morgan fingerprint density at radius 3 is 2.73 bits per heavy atom. The summed E-state index contributed by atoms with van der Waals surface area (Å²) in [6.45, 7) is 2.44. The molecule has 3 aromatic rings. The minimum Gasteiger partial charge on any atom is -0.476 e. The molecule has 9 heteroatoms. The van der Waals surface area contributed by atoms with Crippen LogP contribution in [0.25, 0.3) is 10.4 Å². The van der Waals surface area contributed by atoms with Gasteiger partial charge in [-0.25, -0.2) is 13.8 Å². The van der Waals surface area contributed by atoms with Crippen LogP contribution < -0.4 is 15.4 Å². The molecule has 1 aliphatic heterocycles. The van der Waals surface area contributed by atoms with E-state index in [1.54, 1.807) is 0 Å². The number of halogens is 2. The van der Waals surface area contributed by atoms with Crippen molar-refractivity contribution < 1.29 is 18.3 Å². The number of carbonyl (C=O) groups is 1. The zero-order valence-corrected chi connectivity index (χ0v) is 16.8. The van der Waals surface area contributed by atoms with Crippen molar-refractivity contribution in [3.05, 3.63) is 59.4 Å². The summed E-state index contributed by atoms with van der Waals surface area (Å²) in [6, 6.07) is 6.73. The largest absolute Gasteiger partial charge is 0.476 e. The van der Waals surface area contributed by atoms with E-state index in [0.717, 1.165) is 37.3 Å². The van der Waals surface area contributed by atoms with Crippen molar-refractivity contribution in [1.29, 1.82) is 0 Å². The van der Waals surface area contributed by atoms with Crippen LogP contribution in [0.2, 0.25) is 0 Å². The summed E-state index contributed by atoms with van der Waals surface area (Å²) in [5.74, 6) is -1.04. The van der Waals surface area contributed by atoms with Crippen LogP contribution in [0.5, 0.6) is 5.88 Å². The van der Waals surface area contributed by atoms with Crippen molar-refractivity contribution in [3.8, 4) is 16.3 Å². The van der Waals surface area contributed by atoms with Crippen LogP contribution in [0, 0.1) is 17.6 Å². The Hall–Kier alpha value is -2.91. The predicted octanol–water partition coefficient (Wildman–Crippen LogP) is 4.11. The summed E-state index contributed by atoms with van der Waals surface area (Å²) in [4.78, 5) is 21.4. The molecule has 156 valence electrons. The van der Waals surface area contributed by atoms with Crippen molar-refractivity contribution in [3.63, 3.8) is 0 Å². The highest BCUT2D eigenvalue weighted by Gasteiger charge is 2.19.